The maximum absolute atomic E-state index is 12.4. The summed E-state index contributed by atoms with van der Waals surface area (Å²) in [6.45, 7) is 7.10. The van der Waals surface area contributed by atoms with Crippen molar-refractivity contribution in [3.63, 3.8) is 0 Å². The minimum absolute atomic E-state index is 0.0621. The average molecular weight is 336 g/mol. The van der Waals surface area contributed by atoms with Crippen LogP contribution < -0.4 is 5.32 Å². The van der Waals surface area contributed by atoms with Crippen molar-refractivity contribution in [1.82, 2.24) is 5.32 Å². The van der Waals surface area contributed by atoms with Crippen molar-refractivity contribution in [3.8, 4) is 0 Å². The molecular weight excluding hydrogens is 314 g/mol. The predicted octanol–water partition coefficient (Wildman–Crippen LogP) is 4.39. The Hall–Kier alpha value is -0.830. The van der Waals surface area contributed by atoms with Gasteiger partial charge in [-0.2, -0.15) is 0 Å². The highest BCUT2D eigenvalue weighted by atomic mass is 79.9. The summed E-state index contributed by atoms with van der Waals surface area (Å²) >= 11 is 3.40. The highest BCUT2D eigenvalue weighted by molar-refractivity contribution is 9.10. The number of rotatable bonds is 2. The van der Waals surface area contributed by atoms with E-state index in [4.69, 9.17) is 0 Å². The highest BCUT2D eigenvalue weighted by Crippen LogP contribution is 2.65. The second-order valence-electron chi connectivity index (χ2n) is 7.14. The zero-order valence-corrected chi connectivity index (χ0v) is 14.0. The summed E-state index contributed by atoms with van der Waals surface area (Å²) in [5, 5.41) is 3.29. The summed E-state index contributed by atoms with van der Waals surface area (Å²) in [5.41, 5.74) is 1.32. The Balaban J connectivity index is 1.76. The number of hydrogen-bond donors (Lipinski definition) is 1. The second kappa shape index (κ2) is 4.59. The van der Waals surface area contributed by atoms with E-state index in [1.165, 1.54) is 12.8 Å². The van der Waals surface area contributed by atoms with Crippen LogP contribution in [0.5, 0.6) is 0 Å². The molecule has 0 aliphatic heterocycles. The zero-order valence-electron chi connectivity index (χ0n) is 12.4. The first kappa shape index (κ1) is 14.1. The third kappa shape index (κ3) is 1.93. The molecule has 2 saturated carbocycles. The predicted molar refractivity (Wildman–Crippen MR) is 84.6 cm³/mol. The molecule has 2 aliphatic carbocycles. The standard InChI is InChI=1S/C17H22BrNO/c1-16(2)12-8-9-17(16,3)14(10-12)19-15(20)11-4-6-13(18)7-5-11/h4-7,12,14H,8-10H2,1-3H3,(H,19,20)/t12-,14-,17+/m1/s1. The van der Waals surface area contributed by atoms with Gasteiger partial charge in [-0.15, -0.1) is 0 Å². The molecule has 2 fully saturated rings. The fourth-order valence-corrected chi connectivity index (χ4v) is 4.53. The van der Waals surface area contributed by atoms with Crippen LogP contribution in [0.3, 0.4) is 0 Å². The number of benzene rings is 1. The first-order valence-electron chi connectivity index (χ1n) is 7.41. The van der Waals surface area contributed by atoms with Crippen LogP contribution in [0.1, 0.15) is 50.4 Å². The molecule has 0 radical (unpaired) electrons. The van der Waals surface area contributed by atoms with Crippen molar-refractivity contribution < 1.29 is 4.79 Å². The van der Waals surface area contributed by atoms with E-state index >= 15 is 0 Å². The minimum Gasteiger partial charge on any atom is -0.349 e. The molecule has 0 heterocycles. The Morgan fingerprint density at radius 1 is 1.25 bits per heavy atom. The Labute approximate surface area is 129 Å². The Morgan fingerprint density at radius 3 is 2.40 bits per heavy atom. The summed E-state index contributed by atoms with van der Waals surface area (Å²) in [7, 11) is 0. The van der Waals surface area contributed by atoms with Crippen LogP contribution in [0.15, 0.2) is 28.7 Å². The lowest BCUT2D eigenvalue weighted by molar-refractivity contribution is 0.0826. The average Bonchev–Trinajstić information content (AvgIpc) is 2.72. The molecule has 0 spiro atoms. The van der Waals surface area contributed by atoms with Crippen molar-refractivity contribution in [2.45, 2.75) is 46.1 Å². The SMILES string of the molecule is CC1(C)[C@@H]2CC[C@@]1(C)[C@H](NC(=O)c1ccc(Br)cc1)C2. The molecule has 3 heteroatoms. The van der Waals surface area contributed by atoms with E-state index < -0.39 is 0 Å². The molecule has 20 heavy (non-hydrogen) atoms. The van der Waals surface area contributed by atoms with Crippen molar-refractivity contribution >= 4 is 21.8 Å². The highest BCUT2D eigenvalue weighted by Gasteiger charge is 2.61. The number of carbonyl (C=O) groups excluding carboxylic acids is 1. The van der Waals surface area contributed by atoms with Gasteiger partial charge >= 0.3 is 0 Å². The number of nitrogens with one attached hydrogen (secondary N) is 1. The number of carbonyl (C=O) groups is 1. The van der Waals surface area contributed by atoms with E-state index in [0.717, 1.165) is 22.4 Å². The molecule has 1 aromatic rings. The monoisotopic (exact) mass is 335 g/mol. The quantitative estimate of drug-likeness (QED) is 0.852. The molecule has 2 nitrogen and oxygen atoms in total. The van der Waals surface area contributed by atoms with Gasteiger partial charge in [0.15, 0.2) is 0 Å². The second-order valence-corrected chi connectivity index (χ2v) is 8.06. The fourth-order valence-electron chi connectivity index (χ4n) is 4.26. The lowest BCUT2D eigenvalue weighted by Gasteiger charge is -2.39. The molecule has 1 amide bonds. The molecule has 0 aromatic heterocycles. The first-order chi connectivity index (χ1) is 9.34. The van der Waals surface area contributed by atoms with Gasteiger partial charge in [0, 0.05) is 16.1 Å². The van der Waals surface area contributed by atoms with E-state index in [1.807, 2.05) is 24.3 Å². The van der Waals surface area contributed by atoms with Crippen LogP contribution in [-0.2, 0) is 0 Å². The summed E-state index contributed by atoms with van der Waals surface area (Å²) < 4.78 is 1.00. The molecule has 1 N–H and O–H groups in total. The molecule has 0 unspecified atom stereocenters. The zero-order chi connectivity index (χ0) is 14.5. The molecule has 2 bridgehead atoms. The van der Waals surface area contributed by atoms with Gasteiger partial charge in [-0.1, -0.05) is 36.7 Å². The molecule has 2 aliphatic rings. The third-order valence-electron chi connectivity index (χ3n) is 6.21. The number of fused-ring (bicyclic) bond motifs is 2. The molecule has 0 saturated heterocycles. The van der Waals surface area contributed by atoms with Crippen molar-refractivity contribution in [3.05, 3.63) is 34.3 Å². The molecule has 1 aromatic carbocycles. The van der Waals surface area contributed by atoms with Crippen LogP contribution in [0.2, 0.25) is 0 Å². The summed E-state index contributed by atoms with van der Waals surface area (Å²) in [5.74, 6) is 0.815. The van der Waals surface area contributed by atoms with Crippen LogP contribution in [-0.4, -0.2) is 11.9 Å². The maximum Gasteiger partial charge on any atom is 0.251 e. The lowest BCUT2D eigenvalue weighted by atomic mass is 9.69. The Kier molecular flexibility index (Phi) is 3.24. The van der Waals surface area contributed by atoms with Gasteiger partial charge in [0.05, 0.1) is 0 Å². The third-order valence-corrected chi connectivity index (χ3v) is 6.73. The molecule has 3 rings (SSSR count). The van der Waals surface area contributed by atoms with Gasteiger partial charge in [-0.25, -0.2) is 0 Å². The van der Waals surface area contributed by atoms with Crippen LogP contribution in [0.4, 0.5) is 0 Å². The van der Waals surface area contributed by atoms with Gasteiger partial charge in [0.25, 0.3) is 5.91 Å². The van der Waals surface area contributed by atoms with E-state index in [2.05, 4.69) is 42.0 Å². The van der Waals surface area contributed by atoms with Gasteiger partial charge in [0.1, 0.15) is 0 Å². The van der Waals surface area contributed by atoms with Gasteiger partial charge < -0.3 is 5.32 Å². The summed E-state index contributed by atoms with van der Waals surface area (Å²) in [6.07, 6.45) is 3.68. The number of hydrogen-bond acceptors (Lipinski definition) is 1. The van der Waals surface area contributed by atoms with Crippen molar-refractivity contribution in [2.75, 3.05) is 0 Å². The lowest BCUT2D eigenvalue weighted by Crippen LogP contribution is -2.46. The molecule has 3 atom stereocenters. The Morgan fingerprint density at radius 2 is 1.90 bits per heavy atom. The van der Waals surface area contributed by atoms with E-state index in [9.17, 15) is 4.79 Å². The van der Waals surface area contributed by atoms with Crippen LogP contribution in [0, 0.1) is 16.7 Å². The van der Waals surface area contributed by atoms with Crippen LogP contribution >= 0.6 is 15.9 Å². The van der Waals surface area contributed by atoms with Gasteiger partial charge in [-0.05, 0) is 60.3 Å². The smallest absolute Gasteiger partial charge is 0.251 e. The van der Waals surface area contributed by atoms with Gasteiger partial charge in [0.2, 0.25) is 0 Å². The topological polar surface area (TPSA) is 29.1 Å². The van der Waals surface area contributed by atoms with Crippen molar-refractivity contribution in [1.29, 1.82) is 0 Å². The van der Waals surface area contributed by atoms with Crippen molar-refractivity contribution in [2.24, 2.45) is 16.7 Å². The normalized spacial score (nSPS) is 34.2. The Bertz CT molecular complexity index is 536. The largest absolute Gasteiger partial charge is 0.349 e. The fraction of sp³-hybridized carbons (Fsp3) is 0.588. The minimum atomic E-state index is 0.0621. The van der Waals surface area contributed by atoms with Crippen LogP contribution in [0.25, 0.3) is 0 Å². The summed E-state index contributed by atoms with van der Waals surface area (Å²) in [4.78, 5) is 12.4. The number of halogens is 1. The van der Waals surface area contributed by atoms with E-state index in [0.29, 0.717) is 11.5 Å². The van der Waals surface area contributed by atoms with E-state index in [1.54, 1.807) is 0 Å². The maximum atomic E-state index is 12.4. The molecule has 108 valence electrons. The van der Waals surface area contributed by atoms with Gasteiger partial charge in [-0.3, -0.25) is 4.79 Å². The number of amides is 1. The molecular formula is C17H22BrNO. The van der Waals surface area contributed by atoms with E-state index in [-0.39, 0.29) is 11.3 Å². The summed E-state index contributed by atoms with van der Waals surface area (Å²) in [6, 6.07) is 7.90. The first-order valence-corrected chi connectivity index (χ1v) is 8.20.